The first-order valence-electron chi connectivity index (χ1n) is 10.1. The second-order valence-electron chi connectivity index (χ2n) is 7.37. The van der Waals surface area contributed by atoms with Crippen LogP contribution in [-0.4, -0.2) is 59.0 Å². The van der Waals surface area contributed by atoms with E-state index in [0.29, 0.717) is 24.3 Å². The summed E-state index contributed by atoms with van der Waals surface area (Å²) in [6.45, 7) is 0.429. The van der Waals surface area contributed by atoms with E-state index in [1.807, 2.05) is 0 Å². The van der Waals surface area contributed by atoms with E-state index in [4.69, 9.17) is 14.2 Å². The molecule has 0 radical (unpaired) electrons. The number of nitrogens with one attached hydrogen (secondary N) is 1. The minimum absolute atomic E-state index is 0.124. The van der Waals surface area contributed by atoms with Crippen LogP contribution in [0.3, 0.4) is 0 Å². The second-order valence-corrected chi connectivity index (χ2v) is 10.2. The van der Waals surface area contributed by atoms with E-state index in [1.165, 1.54) is 37.8 Å². The third-order valence-electron chi connectivity index (χ3n) is 5.46. The number of rotatable bonds is 7. The van der Waals surface area contributed by atoms with Crippen molar-refractivity contribution < 1.29 is 32.2 Å². The van der Waals surface area contributed by atoms with Gasteiger partial charge in [0.05, 0.1) is 37.5 Å². The van der Waals surface area contributed by atoms with Gasteiger partial charge >= 0.3 is 5.97 Å². The summed E-state index contributed by atoms with van der Waals surface area (Å²) in [5.41, 5.74) is 0.355. The zero-order valence-corrected chi connectivity index (χ0v) is 20.9. The van der Waals surface area contributed by atoms with Crippen LogP contribution in [-0.2, 0) is 19.6 Å². The fraction of sp³-hybridized carbons (Fsp3) is 0.364. The lowest BCUT2D eigenvalue weighted by Gasteiger charge is -2.30. The van der Waals surface area contributed by atoms with E-state index in [2.05, 4.69) is 21.2 Å². The molecule has 0 atom stereocenters. The van der Waals surface area contributed by atoms with Crippen LogP contribution in [0.1, 0.15) is 23.2 Å². The predicted molar refractivity (Wildman–Crippen MR) is 125 cm³/mol. The molecule has 9 nitrogen and oxygen atoms in total. The highest BCUT2D eigenvalue weighted by molar-refractivity contribution is 9.10. The number of halogens is 1. The molecule has 1 fully saturated rings. The van der Waals surface area contributed by atoms with Gasteiger partial charge in [-0.2, -0.15) is 4.31 Å². The molecule has 178 valence electrons. The molecule has 2 aromatic carbocycles. The summed E-state index contributed by atoms with van der Waals surface area (Å²) in [5, 5.41) is 2.76. The van der Waals surface area contributed by atoms with Gasteiger partial charge in [-0.15, -0.1) is 0 Å². The maximum atomic E-state index is 12.9. The number of anilines is 1. The van der Waals surface area contributed by atoms with Gasteiger partial charge in [-0.1, -0.05) is 15.9 Å². The first-order chi connectivity index (χ1) is 15.7. The van der Waals surface area contributed by atoms with Gasteiger partial charge in [0.15, 0.2) is 11.5 Å². The Morgan fingerprint density at radius 3 is 2.12 bits per heavy atom. The standard InChI is InChI=1S/C22H25BrN2O7S/c1-30-19-12-17(22(27)32-3)18(13-20(19)31-2)24-21(26)14-8-10-25(11-9-14)33(28,29)16-6-4-15(23)5-7-16/h4-7,12-14H,8-11H2,1-3H3,(H,24,26). The van der Waals surface area contributed by atoms with Crippen LogP contribution in [0.2, 0.25) is 0 Å². The molecule has 2 aromatic rings. The van der Waals surface area contributed by atoms with Crippen molar-refractivity contribution in [2.45, 2.75) is 17.7 Å². The Kier molecular flexibility index (Phi) is 7.98. The number of ether oxygens (including phenoxy) is 3. The molecule has 11 heteroatoms. The third kappa shape index (κ3) is 5.48. The van der Waals surface area contributed by atoms with Crippen molar-refractivity contribution in [1.29, 1.82) is 0 Å². The Labute approximate surface area is 201 Å². The van der Waals surface area contributed by atoms with Crippen molar-refractivity contribution in [1.82, 2.24) is 4.31 Å². The minimum atomic E-state index is -3.64. The molecule has 1 aliphatic rings. The topological polar surface area (TPSA) is 111 Å². The lowest BCUT2D eigenvalue weighted by Crippen LogP contribution is -2.41. The Morgan fingerprint density at radius 2 is 1.58 bits per heavy atom. The second kappa shape index (κ2) is 10.5. The summed E-state index contributed by atoms with van der Waals surface area (Å²) >= 11 is 3.30. The molecular weight excluding hydrogens is 516 g/mol. The van der Waals surface area contributed by atoms with E-state index >= 15 is 0 Å². The predicted octanol–water partition coefficient (Wildman–Crippen LogP) is 3.29. The Balaban J connectivity index is 1.73. The molecule has 0 unspecified atom stereocenters. The van der Waals surface area contributed by atoms with Crippen LogP contribution in [0.25, 0.3) is 0 Å². The summed E-state index contributed by atoms with van der Waals surface area (Å²) in [6.07, 6.45) is 0.699. The van der Waals surface area contributed by atoms with Crippen molar-refractivity contribution in [2.24, 2.45) is 5.92 Å². The van der Waals surface area contributed by atoms with Crippen LogP contribution in [0, 0.1) is 5.92 Å². The normalized spacial score (nSPS) is 15.0. The third-order valence-corrected chi connectivity index (χ3v) is 7.90. The molecule has 1 N–H and O–H groups in total. The van der Waals surface area contributed by atoms with Crippen LogP contribution in [0.4, 0.5) is 5.69 Å². The molecule has 1 saturated heterocycles. The molecule has 3 rings (SSSR count). The Hall–Kier alpha value is -2.63. The summed E-state index contributed by atoms with van der Waals surface area (Å²) in [5.74, 6) is -0.701. The van der Waals surface area contributed by atoms with Crippen molar-refractivity contribution in [3.8, 4) is 11.5 Å². The molecule has 0 saturated carbocycles. The van der Waals surface area contributed by atoms with E-state index in [1.54, 1.807) is 24.3 Å². The van der Waals surface area contributed by atoms with Gasteiger partial charge in [0, 0.05) is 35.6 Å². The highest BCUT2D eigenvalue weighted by Gasteiger charge is 2.32. The highest BCUT2D eigenvalue weighted by atomic mass is 79.9. The van der Waals surface area contributed by atoms with Crippen molar-refractivity contribution in [3.05, 3.63) is 46.4 Å². The minimum Gasteiger partial charge on any atom is -0.493 e. The smallest absolute Gasteiger partial charge is 0.340 e. The number of carbonyl (C=O) groups excluding carboxylic acids is 2. The number of hydrogen-bond acceptors (Lipinski definition) is 7. The lowest BCUT2D eigenvalue weighted by molar-refractivity contribution is -0.120. The van der Waals surface area contributed by atoms with E-state index in [0.717, 1.165) is 4.47 Å². The van der Waals surface area contributed by atoms with Crippen LogP contribution in [0.15, 0.2) is 45.8 Å². The van der Waals surface area contributed by atoms with Gasteiger partial charge in [0.25, 0.3) is 0 Å². The number of nitrogens with zero attached hydrogens (tertiary/aromatic N) is 1. The number of piperidine rings is 1. The van der Waals surface area contributed by atoms with Crippen molar-refractivity contribution in [3.63, 3.8) is 0 Å². The molecule has 0 aromatic heterocycles. The maximum Gasteiger partial charge on any atom is 0.340 e. The first-order valence-corrected chi connectivity index (χ1v) is 12.4. The molecule has 0 bridgehead atoms. The van der Waals surface area contributed by atoms with Crippen LogP contribution < -0.4 is 14.8 Å². The van der Waals surface area contributed by atoms with Gasteiger partial charge in [-0.05, 0) is 37.1 Å². The SMILES string of the molecule is COC(=O)c1cc(OC)c(OC)cc1NC(=O)C1CCN(S(=O)(=O)c2ccc(Br)cc2)CC1. The number of hydrogen-bond donors (Lipinski definition) is 1. The molecule has 33 heavy (non-hydrogen) atoms. The zero-order chi connectivity index (χ0) is 24.2. The quantitative estimate of drug-likeness (QED) is 0.536. The summed E-state index contributed by atoms with van der Waals surface area (Å²) in [6, 6.07) is 9.38. The summed E-state index contributed by atoms with van der Waals surface area (Å²) < 4.78 is 43.2. The van der Waals surface area contributed by atoms with Crippen molar-refractivity contribution in [2.75, 3.05) is 39.7 Å². The monoisotopic (exact) mass is 540 g/mol. The molecule has 1 aliphatic heterocycles. The van der Waals surface area contributed by atoms with E-state index in [9.17, 15) is 18.0 Å². The highest BCUT2D eigenvalue weighted by Crippen LogP contribution is 2.34. The average Bonchev–Trinajstić information content (AvgIpc) is 2.83. The van der Waals surface area contributed by atoms with E-state index in [-0.39, 0.29) is 35.1 Å². The van der Waals surface area contributed by atoms with Crippen LogP contribution >= 0.6 is 15.9 Å². The van der Waals surface area contributed by atoms with Gasteiger partial charge in [-0.3, -0.25) is 4.79 Å². The largest absolute Gasteiger partial charge is 0.493 e. The Morgan fingerprint density at radius 1 is 1.00 bits per heavy atom. The van der Waals surface area contributed by atoms with Gasteiger partial charge in [0.1, 0.15) is 0 Å². The number of benzene rings is 2. The zero-order valence-electron chi connectivity index (χ0n) is 18.5. The Bertz CT molecular complexity index is 1130. The molecule has 0 aliphatic carbocycles. The molecular formula is C22H25BrN2O7S. The summed E-state index contributed by atoms with van der Waals surface area (Å²) in [7, 11) is 0.492. The van der Waals surface area contributed by atoms with E-state index < -0.39 is 21.9 Å². The fourth-order valence-electron chi connectivity index (χ4n) is 3.61. The van der Waals surface area contributed by atoms with Gasteiger partial charge in [0.2, 0.25) is 15.9 Å². The first kappa shape index (κ1) is 25.0. The number of amides is 1. The van der Waals surface area contributed by atoms with Crippen LogP contribution in [0.5, 0.6) is 11.5 Å². The number of methoxy groups -OCH3 is 3. The van der Waals surface area contributed by atoms with Crippen molar-refractivity contribution >= 4 is 43.5 Å². The number of carbonyl (C=O) groups is 2. The maximum absolute atomic E-state index is 12.9. The van der Waals surface area contributed by atoms with Gasteiger partial charge < -0.3 is 19.5 Å². The fourth-order valence-corrected chi connectivity index (χ4v) is 5.34. The summed E-state index contributed by atoms with van der Waals surface area (Å²) in [4.78, 5) is 25.4. The number of sulfonamides is 1. The molecule has 1 amide bonds. The lowest BCUT2D eigenvalue weighted by atomic mass is 9.97. The molecule has 1 heterocycles. The number of esters is 1. The van der Waals surface area contributed by atoms with Gasteiger partial charge in [-0.25, -0.2) is 13.2 Å². The molecule has 0 spiro atoms. The average molecular weight is 541 g/mol.